The molecule has 0 aliphatic carbocycles. The molecule has 8 nitrogen and oxygen atoms in total. The number of rotatable bonds is 9. The molecule has 5 rings (SSSR count). The zero-order chi connectivity index (χ0) is 26.5. The molecule has 2 aromatic carbocycles. The van der Waals surface area contributed by atoms with Crippen molar-refractivity contribution in [3.8, 4) is 0 Å². The van der Waals surface area contributed by atoms with Crippen LogP contribution in [0.15, 0.2) is 67.0 Å². The average molecular weight is 526 g/mol. The number of piperazine rings is 1. The van der Waals surface area contributed by atoms with E-state index in [9.17, 15) is 19.0 Å². The number of hydrogen-bond acceptors (Lipinski definition) is 8. The van der Waals surface area contributed by atoms with E-state index in [1.54, 1.807) is 42.7 Å². The van der Waals surface area contributed by atoms with E-state index >= 15 is 0 Å². The first-order chi connectivity index (χ1) is 18.5. The van der Waals surface area contributed by atoms with Crippen molar-refractivity contribution in [1.82, 2.24) is 19.8 Å². The number of ether oxygens (including phenoxy) is 1. The number of benzene rings is 2. The summed E-state index contributed by atoms with van der Waals surface area (Å²) >= 11 is 0. The van der Waals surface area contributed by atoms with E-state index in [1.807, 2.05) is 0 Å². The summed E-state index contributed by atoms with van der Waals surface area (Å²) in [6, 6.07) is 14.2. The Balaban J connectivity index is 1.32. The van der Waals surface area contributed by atoms with E-state index in [2.05, 4.69) is 24.7 Å². The van der Waals surface area contributed by atoms with E-state index < -0.39 is 12.2 Å². The molecular formula is C28H33F2N5O3. The molecule has 10 heteroatoms. The summed E-state index contributed by atoms with van der Waals surface area (Å²) in [7, 11) is 0. The molecule has 38 heavy (non-hydrogen) atoms. The molecule has 0 unspecified atom stereocenters. The molecule has 4 atom stereocenters. The number of hydrogen-bond donors (Lipinski definition) is 2. The molecule has 2 aliphatic heterocycles. The van der Waals surface area contributed by atoms with Gasteiger partial charge >= 0.3 is 0 Å². The van der Waals surface area contributed by atoms with Gasteiger partial charge in [0.15, 0.2) is 0 Å². The first-order valence-electron chi connectivity index (χ1n) is 12.9. The van der Waals surface area contributed by atoms with Crippen LogP contribution >= 0.6 is 0 Å². The lowest BCUT2D eigenvalue weighted by Crippen LogP contribution is -2.57. The molecule has 2 N–H and O–H groups in total. The van der Waals surface area contributed by atoms with E-state index in [1.165, 1.54) is 24.3 Å². The Morgan fingerprint density at radius 3 is 1.92 bits per heavy atom. The molecular weight excluding hydrogens is 492 g/mol. The molecule has 2 fully saturated rings. The minimum absolute atomic E-state index is 0.276. The molecule has 2 aliphatic rings. The van der Waals surface area contributed by atoms with Gasteiger partial charge in [-0.1, -0.05) is 24.3 Å². The topological polar surface area (TPSA) is 85.2 Å². The molecule has 3 aromatic rings. The second-order valence-corrected chi connectivity index (χ2v) is 9.87. The molecule has 0 saturated carbocycles. The minimum Gasteiger partial charge on any atom is -0.394 e. The fourth-order valence-corrected chi connectivity index (χ4v) is 5.39. The van der Waals surface area contributed by atoms with Crippen LogP contribution in [-0.2, 0) is 17.8 Å². The number of anilines is 1. The third-order valence-corrected chi connectivity index (χ3v) is 7.29. The van der Waals surface area contributed by atoms with Crippen molar-refractivity contribution >= 4 is 5.95 Å². The molecule has 2 saturated heterocycles. The maximum absolute atomic E-state index is 13.5. The highest BCUT2D eigenvalue weighted by Gasteiger charge is 2.47. The predicted molar refractivity (Wildman–Crippen MR) is 138 cm³/mol. The highest BCUT2D eigenvalue weighted by molar-refractivity contribution is 5.29. The molecule has 3 heterocycles. The van der Waals surface area contributed by atoms with Crippen molar-refractivity contribution in [3.05, 3.63) is 89.8 Å². The summed E-state index contributed by atoms with van der Waals surface area (Å²) in [4.78, 5) is 15.2. The number of halogens is 2. The summed E-state index contributed by atoms with van der Waals surface area (Å²) in [6.45, 7) is 4.02. The summed E-state index contributed by atoms with van der Waals surface area (Å²) in [5.41, 5.74) is 1.86. The van der Waals surface area contributed by atoms with Crippen molar-refractivity contribution in [2.24, 2.45) is 0 Å². The van der Waals surface area contributed by atoms with Crippen LogP contribution in [0.3, 0.4) is 0 Å². The highest BCUT2D eigenvalue weighted by Crippen LogP contribution is 2.29. The summed E-state index contributed by atoms with van der Waals surface area (Å²) in [5.74, 6) is 0.0869. The van der Waals surface area contributed by atoms with Gasteiger partial charge in [-0.05, 0) is 41.5 Å². The zero-order valence-electron chi connectivity index (χ0n) is 21.1. The SMILES string of the molecule is OC[C@@H]1O[C@H](CN(Cc2ccc(F)cc2)Cc2ccc(F)cc2)[C@H](N2CCN(c3ncccn3)CC2)[C@@H]1O. The Morgan fingerprint density at radius 2 is 1.39 bits per heavy atom. The van der Waals surface area contributed by atoms with Crippen LogP contribution < -0.4 is 4.90 Å². The highest BCUT2D eigenvalue weighted by atomic mass is 19.1. The molecule has 0 spiro atoms. The van der Waals surface area contributed by atoms with E-state index in [0.717, 1.165) is 11.1 Å². The van der Waals surface area contributed by atoms with Crippen molar-refractivity contribution in [2.75, 3.05) is 44.2 Å². The van der Waals surface area contributed by atoms with Gasteiger partial charge in [0.2, 0.25) is 5.95 Å². The van der Waals surface area contributed by atoms with Gasteiger partial charge in [-0.15, -0.1) is 0 Å². The lowest BCUT2D eigenvalue weighted by atomic mass is 10.0. The maximum atomic E-state index is 13.5. The third kappa shape index (κ3) is 6.33. The van der Waals surface area contributed by atoms with E-state index in [0.29, 0.717) is 51.8 Å². The first-order valence-corrected chi connectivity index (χ1v) is 12.9. The van der Waals surface area contributed by atoms with Crippen molar-refractivity contribution < 1.29 is 23.7 Å². The van der Waals surface area contributed by atoms with Crippen LogP contribution in [0, 0.1) is 11.6 Å². The Morgan fingerprint density at radius 1 is 0.842 bits per heavy atom. The van der Waals surface area contributed by atoms with Crippen LogP contribution in [0.2, 0.25) is 0 Å². The Bertz CT molecular complexity index is 1100. The fourth-order valence-electron chi connectivity index (χ4n) is 5.39. The number of nitrogens with zero attached hydrogens (tertiary/aromatic N) is 5. The largest absolute Gasteiger partial charge is 0.394 e. The predicted octanol–water partition coefficient (Wildman–Crippen LogP) is 2.07. The minimum atomic E-state index is -0.844. The molecule has 1 aromatic heterocycles. The first kappa shape index (κ1) is 26.6. The van der Waals surface area contributed by atoms with Crippen molar-refractivity contribution in [3.63, 3.8) is 0 Å². The van der Waals surface area contributed by atoms with Gasteiger partial charge in [0, 0.05) is 58.2 Å². The Labute approximate surface area is 221 Å². The summed E-state index contributed by atoms with van der Waals surface area (Å²) in [6.07, 6.45) is 1.55. The zero-order valence-corrected chi connectivity index (χ0v) is 21.1. The van der Waals surface area contributed by atoms with E-state index in [4.69, 9.17) is 4.74 Å². The van der Waals surface area contributed by atoms with Gasteiger partial charge in [-0.25, -0.2) is 18.7 Å². The Kier molecular flexibility index (Phi) is 8.55. The number of aromatic nitrogens is 2. The number of aliphatic hydroxyl groups is 2. The van der Waals surface area contributed by atoms with Gasteiger partial charge in [0.1, 0.15) is 23.8 Å². The van der Waals surface area contributed by atoms with Gasteiger partial charge < -0.3 is 19.8 Å². The van der Waals surface area contributed by atoms with Gasteiger partial charge in [0.25, 0.3) is 0 Å². The second-order valence-electron chi connectivity index (χ2n) is 9.87. The maximum Gasteiger partial charge on any atom is 0.225 e. The molecule has 0 amide bonds. The average Bonchev–Trinajstić information content (AvgIpc) is 3.26. The van der Waals surface area contributed by atoms with Crippen LogP contribution in [-0.4, -0.2) is 93.7 Å². The summed E-state index contributed by atoms with van der Waals surface area (Å²) in [5, 5.41) is 21.0. The lowest BCUT2D eigenvalue weighted by molar-refractivity contribution is -0.0325. The Hall–Kier alpha value is -3.02. The van der Waals surface area contributed by atoms with Crippen molar-refractivity contribution in [1.29, 1.82) is 0 Å². The van der Waals surface area contributed by atoms with Crippen molar-refractivity contribution in [2.45, 2.75) is 37.4 Å². The lowest BCUT2D eigenvalue weighted by Gasteiger charge is -2.41. The van der Waals surface area contributed by atoms with Gasteiger partial charge in [-0.2, -0.15) is 0 Å². The third-order valence-electron chi connectivity index (χ3n) is 7.29. The second kappa shape index (κ2) is 12.2. The number of aliphatic hydroxyl groups excluding tert-OH is 2. The summed E-state index contributed by atoms with van der Waals surface area (Å²) < 4.78 is 33.2. The van der Waals surface area contributed by atoms with E-state index in [-0.39, 0.29) is 30.4 Å². The van der Waals surface area contributed by atoms with Crippen LogP contribution in [0.4, 0.5) is 14.7 Å². The van der Waals surface area contributed by atoms with Crippen LogP contribution in [0.1, 0.15) is 11.1 Å². The van der Waals surface area contributed by atoms with Crippen LogP contribution in [0.25, 0.3) is 0 Å². The molecule has 0 radical (unpaired) electrons. The smallest absolute Gasteiger partial charge is 0.225 e. The quantitative estimate of drug-likeness (QED) is 0.439. The molecule has 0 bridgehead atoms. The standard InChI is InChI=1S/C28H33F2N5O3/c29-22-6-2-20(3-7-22)16-33(17-21-4-8-23(30)9-5-21)18-24-26(27(37)25(19-36)38-24)34-12-14-35(15-13-34)28-31-10-1-11-32-28/h1-11,24-27,36-37H,12-19H2/t24-,25+,26+,27-/m1/s1. The normalized spacial score (nSPS) is 24.3. The fraction of sp³-hybridized carbons (Fsp3) is 0.429. The van der Waals surface area contributed by atoms with Crippen LogP contribution in [0.5, 0.6) is 0 Å². The monoisotopic (exact) mass is 525 g/mol. The van der Waals surface area contributed by atoms with Gasteiger partial charge in [-0.3, -0.25) is 9.80 Å². The van der Waals surface area contributed by atoms with Gasteiger partial charge in [0.05, 0.1) is 18.8 Å². The molecule has 202 valence electrons.